The maximum atomic E-state index is 13.0. The molecule has 29 heavy (non-hydrogen) atoms. The molecule has 3 saturated carbocycles. The summed E-state index contributed by atoms with van der Waals surface area (Å²) in [6.45, 7) is 2.41. The lowest BCUT2D eigenvalue weighted by Crippen LogP contribution is -3.05. The summed E-state index contributed by atoms with van der Waals surface area (Å²) in [5.74, 6) is -0.604. The molecule has 0 saturated heterocycles. The van der Waals surface area contributed by atoms with Crippen LogP contribution in [-0.2, 0) is 17.5 Å². The van der Waals surface area contributed by atoms with Crippen LogP contribution in [0.25, 0.3) is 0 Å². The van der Waals surface area contributed by atoms with Crippen LogP contribution < -0.4 is 10.6 Å². The van der Waals surface area contributed by atoms with E-state index in [0.29, 0.717) is 17.8 Å². The zero-order valence-corrected chi connectivity index (χ0v) is 16.0. The first-order valence-corrected chi connectivity index (χ1v) is 9.68. The van der Waals surface area contributed by atoms with Gasteiger partial charge in [-0.15, -0.1) is 0 Å². The topological polar surface area (TPSA) is 45.7 Å². The van der Waals surface area contributed by atoms with Gasteiger partial charge in [-0.25, -0.2) is 4.39 Å². The molecule has 0 radical (unpaired) electrons. The first-order chi connectivity index (χ1) is 13.6. The van der Waals surface area contributed by atoms with Crippen LogP contribution in [0.2, 0.25) is 0 Å². The Balaban J connectivity index is 1.30. The Morgan fingerprint density at radius 2 is 1.79 bits per heavy atom. The number of halogens is 4. The van der Waals surface area contributed by atoms with Gasteiger partial charge in [0.2, 0.25) is 5.91 Å². The second-order valence-electron chi connectivity index (χ2n) is 8.58. The van der Waals surface area contributed by atoms with Gasteiger partial charge < -0.3 is 10.6 Å². The molecule has 5 rings (SSSR count). The molecule has 154 valence electrons. The fraction of sp³-hybridized carbons (Fsp3) is 0.409. The van der Waals surface area contributed by atoms with Crippen molar-refractivity contribution in [3.63, 3.8) is 0 Å². The fourth-order valence-corrected chi connectivity index (χ4v) is 4.89. The van der Waals surface area contributed by atoms with Crippen LogP contribution in [0.5, 0.6) is 0 Å². The average Bonchev–Trinajstić information content (AvgIpc) is 2.60. The average molecular weight is 407 g/mol. The van der Waals surface area contributed by atoms with E-state index in [0.717, 1.165) is 25.3 Å². The minimum atomic E-state index is -4.33. The van der Waals surface area contributed by atoms with E-state index in [1.807, 2.05) is 6.92 Å². The summed E-state index contributed by atoms with van der Waals surface area (Å²) in [5.41, 5.74) is 0.609. The highest BCUT2D eigenvalue weighted by molar-refractivity contribution is 5.93. The Morgan fingerprint density at radius 3 is 2.41 bits per heavy atom. The van der Waals surface area contributed by atoms with Crippen molar-refractivity contribution in [2.75, 3.05) is 5.32 Å². The summed E-state index contributed by atoms with van der Waals surface area (Å²) in [6.07, 6.45) is -1.67. The van der Waals surface area contributed by atoms with Gasteiger partial charge in [-0.05, 0) is 41.8 Å². The Bertz CT molecular complexity index is 903. The summed E-state index contributed by atoms with van der Waals surface area (Å²) in [4.78, 5) is 12.6. The van der Waals surface area contributed by atoms with Crippen LogP contribution in [0, 0.1) is 17.2 Å². The Morgan fingerprint density at radius 1 is 1.14 bits per heavy atom. The first-order valence-electron chi connectivity index (χ1n) is 9.68. The molecule has 3 aliphatic rings. The number of benzene rings is 2. The Kier molecular flexibility index (Phi) is 4.69. The van der Waals surface area contributed by atoms with Gasteiger partial charge >= 0.3 is 6.18 Å². The SMILES string of the molecule is C[C@H](C(=O)Nc1ccc(F)cc1)C12CC([NH2+]Cc3cccc(C(F)(F)F)c3)(C1)C2. The largest absolute Gasteiger partial charge is 0.416 e. The van der Waals surface area contributed by atoms with Crippen molar-refractivity contribution < 1.29 is 27.7 Å². The number of amides is 1. The molecule has 7 heteroatoms. The number of hydrogen-bond donors (Lipinski definition) is 2. The van der Waals surface area contributed by atoms with Crippen molar-refractivity contribution in [2.45, 2.75) is 44.4 Å². The van der Waals surface area contributed by atoms with E-state index in [9.17, 15) is 22.4 Å². The van der Waals surface area contributed by atoms with Crippen molar-refractivity contribution in [3.8, 4) is 0 Å². The smallest absolute Gasteiger partial charge is 0.338 e. The van der Waals surface area contributed by atoms with Crippen LogP contribution in [0.15, 0.2) is 48.5 Å². The molecule has 0 aliphatic heterocycles. The van der Waals surface area contributed by atoms with Crippen molar-refractivity contribution in [3.05, 3.63) is 65.5 Å². The van der Waals surface area contributed by atoms with E-state index in [4.69, 9.17) is 0 Å². The summed E-state index contributed by atoms with van der Waals surface area (Å²) < 4.78 is 51.5. The van der Waals surface area contributed by atoms with Crippen LogP contribution in [-0.4, -0.2) is 11.4 Å². The molecular formula is C22H23F4N2O+. The normalized spacial score (nSPS) is 26.2. The van der Waals surface area contributed by atoms with Crippen molar-refractivity contribution in [1.82, 2.24) is 0 Å². The summed E-state index contributed by atoms with van der Waals surface area (Å²) in [6, 6.07) is 11.1. The molecule has 0 aromatic heterocycles. The summed E-state index contributed by atoms with van der Waals surface area (Å²) >= 11 is 0. The van der Waals surface area contributed by atoms with E-state index in [1.165, 1.54) is 36.4 Å². The quantitative estimate of drug-likeness (QED) is 0.696. The second kappa shape index (κ2) is 6.83. The van der Waals surface area contributed by atoms with Crippen molar-refractivity contribution >= 4 is 11.6 Å². The van der Waals surface area contributed by atoms with Gasteiger partial charge in [0.05, 0.1) is 11.1 Å². The Hall–Kier alpha value is -2.41. The maximum Gasteiger partial charge on any atom is 0.416 e. The van der Waals surface area contributed by atoms with Crippen LogP contribution in [0.3, 0.4) is 0 Å². The van der Waals surface area contributed by atoms with Crippen LogP contribution in [0.4, 0.5) is 23.2 Å². The van der Waals surface area contributed by atoms with Gasteiger partial charge in [0.25, 0.3) is 0 Å². The van der Waals surface area contributed by atoms with E-state index in [2.05, 4.69) is 10.6 Å². The van der Waals surface area contributed by atoms with Gasteiger partial charge in [-0.3, -0.25) is 4.79 Å². The molecule has 0 unspecified atom stereocenters. The Labute approximate surface area is 166 Å². The molecule has 2 aromatic carbocycles. The maximum absolute atomic E-state index is 13.0. The number of carbonyl (C=O) groups is 1. The standard InChI is InChI=1S/C22H22F4N2O/c1-14(19(29)28-18-7-5-17(23)6-8-18)20-11-21(12-20,13-20)27-10-15-3-2-4-16(9-15)22(24,25)26/h2-9,14,27H,10-13H2,1H3,(H,28,29)/p+1/t14-,20?,21?/m1/s1. The number of carbonyl (C=O) groups excluding carboxylic acids is 1. The lowest BCUT2D eigenvalue weighted by molar-refractivity contribution is -0.788. The van der Waals surface area contributed by atoms with Gasteiger partial charge in [0.15, 0.2) is 0 Å². The van der Waals surface area contributed by atoms with Gasteiger partial charge in [-0.1, -0.05) is 19.1 Å². The van der Waals surface area contributed by atoms with E-state index < -0.39 is 11.7 Å². The fourth-order valence-electron chi connectivity index (χ4n) is 4.89. The number of nitrogens with two attached hydrogens (primary N) is 1. The number of alkyl halides is 3. The molecule has 0 spiro atoms. The molecule has 3 aliphatic carbocycles. The molecule has 3 fully saturated rings. The van der Waals surface area contributed by atoms with E-state index in [1.54, 1.807) is 6.07 Å². The molecule has 1 atom stereocenters. The van der Waals surface area contributed by atoms with Crippen LogP contribution in [0.1, 0.15) is 37.3 Å². The highest BCUT2D eigenvalue weighted by Gasteiger charge is 2.73. The predicted molar refractivity (Wildman–Crippen MR) is 100 cm³/mol. The lowest BCUT2D eigenvalue weighted by Gasteiger charge is -2.69. The molecule has 3 N–H and O–H groups in total. The highest BCUT2D eigenvalue weighted by Crippen LogP contribution is 2.68. The number of quaternary nitrogens is 1. The molecule has 0 heterocycles. The van der Waals surface area contributed by atoms with Crippen molar-refractivity contribution in [2.24, 2.45) is 11.3 Å². The highest BCUT2D eigenvalue weighted by atomic mass is 19.4. The summed E-state index contributed by atoms with van der Waals surface area (Å²) in [5, 5.41) is 4.96. The molecular weight excluding hydrogens is 384 g/mol. The zero-order chi connectivity index (χ0) is 20.9. The third kappa shape index (κ3) is 3.75. The van der Waals surface area contributed by atoms with E-state index in [-0.39, 0.29) is 28.6 Å². The molecule has 2 aromatic rings. The van der Waals surface area contributed by atoms with Gasteiger partial charge in [-0.2, -0.15) is 13.2 Å². The minimum absolute atomic E-state index is 0.0333. The lowest BCUT2D eigenvalue weighted by atomic mass is 9.36. The van der Waals surface area contributed by atoms with Crippen molar-refractivity contribution in [1.29, 1.82) is 0 Å². The second-order valence-corrected chi connectivity index (χ2v) is 8.58. The number of anilines is 1. The van der Waals surface area contributed by atoms with Gasteiger partial charge in [0.1, 0.15) is 12.4 Å². The summed E-state index contributed by atoms with van der Waals surface area (Å²) in [7, 11) is 0. The number of rotatable bonds is 6. The molecule has 1 amide bonds. The molecule has 2 bridgehead atoms. The zero-order valence-electron chi connectivity index (χ0n) is 16.0. The van der Waals surface area contributed by atoms with Crippen LogP contribution >= 0.6 is 0 Å². The number of nitrogens with one attached hydrogen (secondary N) is 1. The first kappa shape index (κ1) is 19.9. The van der Waals surface area contributed by atoms with Gasteiger partial charge in [0, 0.05) is 36.4 Å². The predicted octanol–water partition coefficient (Wildman–Crippen LogP) is 4.11. The third-order valence-corrected chi connectivity index (χ3v) is 6.56. The third-order valence-electron chi connectivity index (χ3n) is 6.56. The monoisotopic (exact) mass is 407 g/mol. The minimum Gasteiger partial charge on any atom is -0.338 e. The number of hydrogen-bond acceptors (Lipinski definition) is 1. The molecule has 3 nitrogen and oxygen atoms in total. The van der Waals surface area contributed by atoms with E-state index >= 15 is 0 Å².